The highest BCUT2D eigenvalue weighted by Crippen LogP contribution is 2.44. The quantitative estimate of drug-likeness (QED) is 0.333. The molecule has 6 heteroatoms. The first-order valence-electron chi connectivity index (χ1n) is 13.2. The summed E-state index contributed by atoms with van der Waals surface area (Å²) >= 11 is 0. The molecule has 5 rings (SSSR count). The molecule has 2 aliphatic carbocycles. The Morgan fingerprint density at radius 3 is 2.27 bits per heavy atom. The van der Waals surface area contributed by atoms with Gasteiger partial charge in [-0.3, -0.25) is 19.5 Å². The van der Waals surface area contributed by atoms with Crippen LogP contribution in [0.3, 0.4) is 0 Å². The molecule has 192 valence electrons. The van der Waals surface area contributed by atoms with Crippen molar-refractivity contribution in [1.82, 2.24) is 4.90 Å². The summed E-state index contributed by atoms with van der Waals surface area (Å²) in [5.74, 6) is 0.0861. The Morgan fingerprint density at radius 2 is 1.68 bits per heavy atom. The van der Waals surface area contributed by atoms with Crippen LogP contribution >= 0.6 is 0 Å². The lowest BCUT2D eigenvalue weighted by molar-refractivity contribution is -0.123. The van der Waals surface area contributed by atoms with E-state index in [1.807, 2.05) is 31.2 Å². The van der Waals surface area contributed by atoms with E-state index in [0.29, 0.717) is 31.0 Å². The second-order valence-electron chi connectivity index (χ2n) is 10.7. The monoisotopic (exact) mass is 498 g/mol. The minimum atomic E-state index is -0.623. The lowest BCUT2D eigenvalue weighted by Gasteiger charge is -2.25. The van der Waals surface area contributed by atoms with Crippen molar-refractivity contribution in [3.63, 3.8) is 0 Å². The summed E-state index contributed by atoms with van der Waals surface area (Å²) in [6, 6.07) is 15.8. The Balaban J connectivity index is 1.24. The van der Waals surface area contributed by atoms with Crippen LogP contribution in [0.15, 0.2) is 65.7 Å². The van der Waals surface area contributed by atoms with Gasteiger partial charge in [-0.05, 0) is 47.4 Å². The molecule has 1 aliphatic heterocycles. The fourth-order valence-electron chi connectivity index (χ4n) is 5.80. The number of rotatable bonds is 9. The third kappa shape index (κ3) is 5.15. The van der Waals surface area contributed by atoms with Gasteiger partial charge in [0.25, 0.3) is 0 Å². The maximum Gasteiger partial charge on any atom is 0.410 e. The van der Waals surface area contributed by atoms with Crippen molar-refractivity contribution in [2.45, 2.75) is 51.0 Å². The maximum absolute atomic E-state index is 13.3. The van der Waals surface area contributed by atoms with E-state index in [9.17, 15) is 14.4 Å². The molecule has 2 aromatic carbocycles. The first kappa shape index (κ1) is 25.1. The highest BCUT2D eigenvalue weighted by Gasteiger charge is 2.39. The molecule has 0 unspecified atom stereocenters. The number of ether oxygens (including phenoxy) is 1. The van der Waals surface area contributed by atoms with Crippen LogP contribution in [0.5, 0.6) is 0 Å². The fourth-order valence-corrected chi connectivity index (χ4v) is 5.80. The number of likely N-dealkylation sites (tertiary alicyclic amines) is 1. The number of fused-ring (bicyclic) bond motifs is 3. The van der Waals surface area contributed by atoms with Crippen LogP contribution in [-0.4, -0.2) is 54.5 Å². The van der Waals surface area contributed by atoms with E-state index in [1.165, 1.54) is 16.0 Å². The van der Waals surface area contributed by atoms with Gasteiger partial charge >= 0.3 is 6.09 Å². The number of amides is 1. The topological polar surface area (TPSA) is 76.0 Å². The van der Waals surface area contributed by atoms with Crippen molar-refractivity contribution in [2.75, 3.05) is 20.2 Å². The number of aliphatic imine (C=N–C) groups is 1. The fraction of sp³-hybridized carbons (Fsp3) is 0.419. The van der Waals surface area contributed by atoms with Gasteiger partial charge in [0.2, 0.25) is 0 Å². The van der Waals surface area contributed by atoms with Crippen molar-refractivity contribution in [2.24, 2.45) is 16.8 Å². The highest BCUT2D eigenvalue weighted by molar-refractivity contribution is 6.40. The normalized spacial score (nSPS) is 19.9. The Morgan fingerprint density at radius 1 is 1.05 bits per heavy atom. The number of benzene rings is 2. The largest absolute Gasteiger partial charge is 0.448 e. The molecule has 0 aromatic heterocycles. The molecule has 2 atom stereocenters. The Labute approximate surface area is 218 Å². The number of ketones is 2. The number of carbonyl (C=O) groups excluding carboxylic acids is 3. The molecular weight excluding hydrogens is 464 g/mol. The van der Waals surface area contributed by atoms with Gasteiger partial charge in [-0.25, -0.2) is 4.79 Å². The molecule has 2 fully saturated rings. The molecule has 1 saturated heterocycles. The van der Waals surface area contributed by atoms with Crippen LogP contribution in [-0.2, 0) is 14.3 Å². The molecule has 1 amide bonds. The lowest BCUT2D eigenvalue weighted by atomic mass is 9.91. The Hall–Kier alpha value is -3.54. The molecule has 0 spiro atoms. The molecule has 0 radical (unpaired) electrons. The minimum absolute atomic E-state index is 0.0366. The van der Waals surface area contributed by atoms with Gasteiger partial charge in [0.15, 0.2) is 11.6 Å². The molecule has 6 nitrogen and oxygen atoms in total. The van der Waals surface area contributed by atoms with Gasteiger partial charge in [-0.1, -0.05) is 67.6 Å². The second-order valence-corrected chi connectivity index (χ2v) is 10.7. The zero-order valence-corrected chi connectivity index (χ0v) is 21.6. The van der Waals surface area contributed by atoms with Gasteiger partial charge in [-0.2, -0.15) is 0 Å². The standard InChI is InChI=1S/C31H34N2O4/c1-19-14-27(28(34)15-20(2)30(32-3)29(35)16-21-12-13-21)33(17-19)31(36)37-18-26-24-10-6-4-8-22(24)23-9-5-7-11-25(23)26/h4-11,20-21,26-27H,1,12-18H2,2-3H3/t20-,27+/m1/s1. The van der Waals surface area contributed by atoms with E-state index in [4.69, 9.17) is 4.74 Å². The Bertz CT molecular complexity index is 1230. The molecule has 3 aliphatic rings. The summed E-state index contributed by atoms with van der Waals surface area (Å²) in [7, 11) is 1.61. The molecule has 1 heterocycles. The van der Waals surface area contributed by atoms with Crippen LogP contribution in [0.4, 0.5) is 4.79 Å². The summed E-state index contributed by atoms with van der Waals surface area (Å²) < 4.78 is 5.83. The summed E-state index contributed by atoms with van der Waals surface area (Å²) in [6.45, 7) is 6.41. The average Bonchev–Trinajstić information content (AvgIpc) is 3.52. The minimum Gasteiger partial charge on any atom is -0.448 e. The molecular formula is C31H34N2O4. The number of hydrogen-bond donors (Lipinski definition) is 0. The zero-order chi connectivity index (χ0) is 26.1. The van der Waals surface area contributed by atoms with Crippen molar-refractivity contribution in [3.8, 4) is 11.1 Å². The van der Waals surface area contributed by atoms with E-state index >= 15 is 0 Å². The third-order valence-electron chi connectivity index (χ3n) is 7.87. The first-order valence-corrected chi connectivity index (χ1v) is 13.2. The maximum atomic E-state index is 13.3. The number of hydrogen-bond acceptors (Lipinski definition) is 5. The van der Waals surface area contributed by atoms with Gasteiger partial charge in [0.05, 0.1) is 11.8 Å². The van der Waals surface area contributed by atoms with Crippen LogP contribution in [0, 0.1) is 11.8 Å². The number of nitrogens with zero attached hydrogens (tertiary/aromatic N) is 2. The summed E-state index contributed by atoms with van der Waals surface area (Å²) in [5.41, 5.74) is 5.93. The Kier molecular flexibility index (Phi) is 7.09. The smallest absolute Gasteiger partial charge is 0.410 e. The zero-order valence-electron chi connectivity index (χ0n) is 21.6. The second kappa shape index (κ2) is 10.4. The average molecular weight is 499 g/mol. The lowest BCUT2D eigenvalue weighted by Crippen LogP contribution is -2.42. The molecule has 0 bridgehead atoms. The van der Waals surface area contributed by atoms with Crippen LogP contribution in [0.25, 0.3) is 11.1 Å². The van der Waals surface area contributed by atoms with E-state index in [2.05, 4.69) is 35.8 Å². The van der Waals surface area contributed by atoms with Crippen molar-refractivity contribution < 1.29 is 19.1 Å². The molecule has 0 N–H and O–H groups in total. The summed E-state index contributed by atoms with van der Waals surface area (Å²) in [4.78, 5) is 44.9. The predicted octanol–water partition coefficient (Wildman–Crippen LogP) is 5.60. The molecule has 37 heavy (non-hydrogen) atoms. The van der Waals surface area contributed by atoms with Gasteiger partial charge in [0, 0.05) is 38.3 Å². The number of Topliss-reactive ketones (excluding diaryl/α,β-unsaturated/α-hetero) is 2. The van der Waals surface area contributed by atoms with Crippen LogP contribution < -0.4 is 0 Å². The van der Waals surface area contributed by atoms with Crippen molar-refractivity contribution >= 4 is 23.4 Å². The van der Waals surface area contributed by atoms with E-state index in [0.717, 1.165) is 29.5 Å². The predicted molar refractivity (Wildman–Crippen MR) is 144 cm³/mol. The van der Waals surface area contributed by atoms with Crippen molar-refractivity contribution in [1.29, 1.82) is 0 Å². The third-order valence-corrected chi connectivity index (χ3v) is 7.87. The van der Waals surface area contributed by atoms with Gasteiger partial charge in [-0.15, -0.1) is 0 Å². The first-order chi connectivity index (χ1) is 17.9. The highest BCUT2D eigenvalue weighted by atomic mass is 16.6. The van der Waals surface area contributed by atoms with E-state index in [-0.39, 0.29) is 36.4 Å². The van der Waals surface area contributed by atoms with E-state index in [1.54, 1.807) is 7.05 Å². The summed E-state index contributed by atoms with van der Waals surface area (Å²) in [6.07, 6.45) is 2.78. The van der Waals surface area contributed by atoms with Gasteiger partial charge < -0.3 is 4.74 Å². The van der Waals surface area contributed by atoms with Gasteiger partial charge in [0.1, 0.15) is 6.61 Å². The van der Waals surface area contributed by atoms with Crippen LogP contribution in [0.2, 0.25) is 0 Å². The summed E-state index contributed by atoms with van der Waals surface area (Å²) in [5, 5.41) is 0. The SMILES string of the molecule is C=C1C[C@@H](C(=O)C[C@@H](C)C(=NC)C(=O)CC2CC2)N(C(=O)OCC2c3ccccc3-c3ccccc32)C1. The molecule has 2 aromatic rings. The molecule has 1 saturated carbocycles. The number of carbonyl (C=O) groups is 3. The van der Waals surface area contributed by atoms with E-state index < -0.39 is 12.1 Å². The van der Waals surface area contributed by atoms with Crippen molar-refractivity contribution in [3.05, 3.63) is 71.8 Å². The van der Waals surface area contributed by atoms with Crippen LogP contribution in [0.1, 0.15) is 56.1 Å².